The summed E-state index contributed by atoms with van der Waals surface area (Å²) in [6.45, 7) is 2.68. The fraction of sp³-hybridized carbons (Fsp3) is 0.667. The number of hydrogen-bond acceptors (Lipinski definition) is 3. The highest BCUT2D eigenvalue weighted by Crippen LogP contribution is 2.00. The van der Waals surface area contributed by atoms with Gasteiger partial charge in [0.25, 0.3) is 0 Å². The van der Waals surface area contributed by atoms with Crippen molar-refractivity contribution in [3.63, 3.8) is 0 Å². The van der Waals surface area contributed by atoms with Gasteiger partial charge < -0.3 is 9.84 Å². The third-order valence-corrected chi connectivity index (χ3v) is 1.14. The van der Waals surface area contributed by atoms with E-state index in [1.165, 1.54) is 13.8 Å². The lowest BCUT2D eigenvalue weighted by atomic mass is 10.4. The number of ether oxygens (including phenoxy) is 1. The van der Waals surface area contributed by atoms with Crippen LogP contribution in [0.4, 0.5) is 0 Å². The van der Waals surface area contributed by atoms with E-state index in [0.717, 1.165) is 0 Å². The highest BCUT2D eigenvalue weighted by Gasteiger charge is 2.19. The molecule has 11 heavy (non-hydrogen) atoms. The number of halogens is 1. The summed E-state index contributed by atoms with van der Waals surface area (Å²) in [7, 11) is 0. The average Bonchev–Trinajstić information content (AvgIpc) is 1.87. The van der Waals surface area contributed by atoms with Crippen molar-refractivity contribution in [2.45, 2.75) is 25.3 Å². The van der Waals surface area contributed by atoms with Gasteiger partial charge in [-0.2, -0.15) is 0 Å². The second kappa shape index (κ2) is 4.18. The standard InChI is InChI=1S/C6H9ClO4/c1-3(7)6(10)11-4(2)5(8)9/h3-4H,1-2H3,(H,8,9). The van der Waals surface area contributed by atoms with Gasteiger partial charge in [0.1, 0.15) is 5.38 Å². The van der Waals surface area contributed by atoms with Crippen LogP contribution in [0.5, 0.6) is 0 Å². The fourth-order valence-corrected chi connectivity index (χ4v) is 0.370. The third kappa shape index (κ3) is 3.83. The van der Waals surface area contributed by atoms with E-state index < -0.39 is 23.4 Å². The number of carboxylic acid groups (broad SMARTS) is 1. The van der Waals surface area contributed by atoms with Gasteiger partial charge in [-0.25, -0.2) is 4.79 Å². The summed E-state index contributed by atoms with van der Waals surface area (Å²) < 4.78 is 4.40. The van der Waals surface area contributed by atoms with Crippen LogP contribution < -0.4 is 0 Å². The number of alkyl halides is 1. The molecule has 0 aromatic rings. The number of rotatable bonds is 3. The predicted octanol–water partition coefficient (Wildman–Crippen LogP) is 0.630. The van der Waals surface area contributed by atoms with E-state index in [1.807, 2.05) is 0 Å². The Labute approximate surface area is 69.1 Å². The second-order valence-electron chi connectivity index (χ2n) is 2.03. The molecule has 0 aromatic heterocycles. The van der Waals surface area contributed by atoms with Gasteiger partial charge >= 0.3 is 11.9 Å². The zero-order chi connectivity index (χ0) is 9.02. The Morgan fingerprint density at radius 3 is 2.18 bits per heavy atom. The molecular formula is C6H9ClO4. The quantitative estimate of drug-likeness (QED) is 0.511. The Hall–Kier alpha value is -0.770. The van der Waals surface area contributed by atoms with Crippen molar-refractivity contribution >= 4 is 23.5 Å². The summed E-state index contributed by atoms with van der Waals surface area (Å²) >= 11 is 5.31. The van der Waals surface area contributed by atoms with Crippen LogP contribution in [0.25, 0.3) is 0 Å². The van der Waals surface area contributed by atoms with Crippen LogP contribution in [0.1, 0.15) is 13.8 Å². The van der Waals surface area contributed by atoms with E-state index in [0.29, 0.717) is 0 Å². The van der Waals surface area contributed by atoms with E-state index in [4.69, 9.17) is 16.7 Å². The summed E-state index contributed by atoms with van der Waals surface area (Å²) in [6, 6.07) is 0. The second-order valence-corrected chi connectivity index (χ2v) is 2.69. The Bertz CT molecular complexity index is 166. The maximum Gasteiger partial charge on any atom is 0.344 e. The highest BCUT2D eigenvalue weighted by atomic mass is 35.5. The third-order valence-electron chi connectivity index (χ3n) is 0.965. The molecule has 0 fully saturated rings. The van der Waals surface area contributed by atoms with Crippen molar-refractivity contribution in [1.82, 2.24) is 0 Å². The molecule has 0 saturated carbocycles. The van der Waals surface area contributed by atoms with E-state index in [2.05, 4.69) is 4.74 Å². The van der Waals surface area contributed by atoms with Crippen molar-refractivity contribution in [3.05, 3.63) is 0 Å². The zero-order valence-electron chi connectivity index (χ0n) is 6.20. The van der Waals surface area contributed by atoms with Crippen LogP contribution in [-0.2, 0) is 14.3 Å². The SMILES string of the molecule is CC(Cl)C(=O)OC(C)C(=O)O. The molecule has 0 aliphatic heterocycles. The van der Waals surface area contributed by atoms with Crippen LogP contribution in [-0.4, -0.2) is 28.5 Å². The molecule has 1 N–H and O–H groups in total. The van der Waals surface area contributed by atoms with Gasteiger partial charge in [-0.1, -0.05) is 0 Å². The number of hydrogen-bond donors (Lipinski definition) is 1. The number of carboxylic acids is 1. The number of esters is 1. The van der Waals surface area contributed by atoms with E-state index in [9.17, 15) is 9.59 Å². The van der Waals surface area contributed by atoms with Gasteiger partial charge in [-0.3, -0.25) is 4.79 Å². The van der Waals surface area contributed by atoms with Crippen LogP contribution in [0.3, 0.4) is 0 Å². The normalized spacial score (nSPS) is 15.2. The van der Waals surface area contributed by atoms with Crippen molar-refractivity contribution in [2.75, 3.05) is 0 Å². The number of carbonyl (C=O) groups excluding carboxylic acids is 1. The summed E-state index contributed by atoms with van der Waals surface area (Å²) in [5, 5.41) is 7.48. The van der Waals surface area contributed by atoms with Gasteiger partial charge in [0.05, 0.1) is 0 Å². The molecule has 4 nitrogen and oxygen atoms in total. The minimum Gasteiger partial charge on any atom is -0.479 e. The Morgan fingerprint density at radius 2 is 1.91 bits per heavy atom. The van der Waals surface area contributed by atoms with E-state index in [1.54, 1.807) is 0 Å². The average molecular weight is 181 g/mol. The molecular weight excluding hydrogens is 172 g/mol. The minimum absolute atomic E-state index is 0.721. The number of aliphatic carboxylic acids is 1. The monoisotopic (exact) mass is 180 g/mol. The van der Waals surface area contributed by atoms with Gasteiger partial charge in [-0.05, 0) is 13.8 Å². The molecule has 0 aliphatic carbocycles. The highest BCUT2D eigenvalue weighted by molar-refractivity contribution is 6.29. The first-order valence-corrected chi connectivity index (χ1v) is 3.46. The Kier molecular flexibility index (Phi) is 3.89. The van der Waals surface area contributed by atoms with Crippen LogP contribution in [0.2, 0.25) is 0 Å². The molecule has 0 spiro atoms. The molecule has 0 radical (unpaired) electrons. The molecule has 2 unspecified atom stereocenters. The predicted molar refractivity (Wildman–Crippen MR) is 38.5 cm³/mol. The first kappa shape index (κ1) is 10.2. The summed E-state index contributed by atoms with van der Waals surface area (Å²) in [4.78, 5) is 20.8. The largest absolute Gasteiger partial charge is 0.479 e. The summed E-state index contributed by atoms with van der Waals surface area (Å²) in [5.41, 5.74) is 0. The van der Waals surface area contributed by atoms with Crippen molar-refractivity contribution < 1.29 is 19.4 Å². The van der Waals surface area contributed by atoms with Gasteiger partial charge in [0, 0.05) is 0 Å². The Morgan fingerprint density at radius 1 is 1.45 bits per heavy atom. The lowest BCUT2D eigenvalue weighted by molar-refractivity contribution is -0.162. The van der Waals surface area contributed by atoms with Gasteiger partial charge in [-0.15, -0.1) is 11.6 Å². The summed E-state index contributed by atoms with van der Waals surface area (Å²) in [6.07, 6.45) is -1.14. The van der Waals surface area contributed by atoms with Gasteiger partial charge in [0.15, 0.2) is 6.10 Å². The lowest BCUT2D eigenvalue weighted by Crippen LogP contribution is -2.27. The zero-order valence-corrected chi connectivity index (χ0v) is 6.96. The molecule has 0 bridgehead atoms. The molecule has 64 valence electrons. The first-order chi connectivity index (χ1) is 4.95. The first-order valence-electron chi connectivity index (χ1n) is 3.02. The van der Waals surface area contributed by atoms with Crippen LogP contribution in [0, 0.1) is 0 Å². The number of carbonyl (C=O) groups is 2. The van der Waals surface area contributed by atoms with Crippen molar-refractivity contribution in [1.29, 1.82) is 0 Å². The van der Waals surface area contributed by atoms with E-state index in [-0.39, 0.29) is 0 Å². The van der Waals surface area contributed by atoms with Crippen molar-refractivity contribution in [3.8, 4) is 0 Å². The van der Waals surface area contributed by atoms with Crippen LogP contribution >= 0.6 is 11.6 Å². The topological polar surface area (TPSA) is 63.6 Å². The fourth-order valence-electron chi connectivity index (χ4n) is 0.318. The molecule has 0 rings (SSSR count). The minimum atomic E-state index is -1.18. The molecule has 2 atom stereocenters. The maximum absolute atomic E-state index is 10.6. The maximum atomic E-state index is 10.6. The molecule has 0 aliphatic rings. The van der Waals surface area contributed by atoms with E-state index >= 15 is 0 Å². The molecule has 0 heterocycles. The smallest absolute Gasteiger partial charge is 0.344 e. The summed E-state index contributed by atoms with van der Waals surface area (Å²) in [5.74, 6) is -1.91. The van der Waals surface area contributed by atoms with Crippen molar-refractivity contribution in [2.24, 2.45) is 0 Å². The molecule has 0 amide bonds. The lowest BCUT2D eigenvalue weighted by Gasteiger charge is -2.08. The van der Waals surface area contributed by atoms with Crippen LogP contribution in [0.15, 0.2) is 0 Å². The molecule has 5 heteroatoms. The van der Waals surface area contributed by atoms with Gasteiger partial charge in [0.2, 0.25) is 0 Å². The molecule has 0 aromatic carbocycles. The molecule has 0 saturated heterocycles. The Balaban J connectivity index is 3.85.